The normalized spacial score (nSPS) is 20.4. The fourth-order valence-electron chi connectivity index (χ4n) is 9.80. The van der Waals surface area contributed by atoms with Crippen molar-refractivity contribution in [3.05, 3.63) is 215 Å². The van der Waals surface area contributed by atoms with Crippen LogP contribution in [0.5, 0.6) is 0 Å². The molecule has 2 aliphatic carbocycles. The summed E-state index contributed by atoms with van der Waals surface area (Å²) in [6.07, 6.45) is 9.64. The Kier molecular flexibility index (Phi) is 12.5. The van der Waals surface area contributed by atoms with Crippen LogP contribution < -0.4 is 21.3 Å². The van der Waals surface area contributed by atoms with Gasteiger partial charge in [0.05, 0.1) is 11.1 Å². The molecule has 0 amide bonds. The number of hydrogen-bond acceptors (Lipinski definition) is 4. The quantitative estimate of drug-likeness (QED) is 0.0626. The Bertz CT molecular complexity index is 1680. The van der Waals surface area contributed by atoms with E-state index in [2.05, 4.69) is 203 Å². The molecule has 56 heavy (non-hydrogen) atoms. The first kappa shape index (κ1) is 38.1. The van der Waals surface area contributed by atoms with Crippen molar-refractivity contribution < 1.29 is 0 Å². The molecule has 6 aromatic rings. The summed E-state index contributed by atoms with van der Waals surface area (Å²) in [4.78, 5) is 0. The van der Waals surface area contributed by atoms with Gasteiger partial charge in [-0.25, -0.2) is 0 Å². The Morgan fingerprint density at radius 1 is 0.304 bits per heavy atom. The van der Waals surface area contributed by atoms with Crippen molar-refractivity contribution in [3.63, 3.8) is 0 Å². The van der Waals surface area contributed by atoms with Gasteiger partial charge in [-0.2, -0.15) is 0 Å². The Morgan fingerprint density at radius 2 is 0.518 bits per heavy atom. The summed E-state index contributed by atoms with van der Waals surface area (Å²) in [6, 6.07) is 67.8. The minimum atomic E-state index is -0.465. The molecule has 0 aromatic heterocycles. The Labute approximate surface area is 335 Å². The fourth-order valence-corrected chi connectivity index (χ4v) is 9.80. The van der Waals surface area contributed by atoms with Crippen molar-refractivity contribution in [2.24, 2.45) is 0 Å². The third-order valence-electron chi connectivity index (χ3n) is 12.5. The highest BCUT2D eigenvalue weighted by Crippen LogP contribution is 2.40. The highest BCUT2D eigenvalue weighted by atomic mass is 15.1. The molecule has 0 saturated heterocycles. The maximum Gasteiger partial charge on any atom is 0.0950 e. The van der Waals surface area contributed by atoms with Gasteiger partial charge >= 0.3 is 0 Å². The molecule has 4 atom stereocenters. The minimum absolute atomic E-state index is 0.316. The molecular weight excluding hydrogens is 681 g/mol. The average Bonchev–Trinajstić information content (AvgIpc) is 3.29. The van der Waals surface area contributed by atoms with Crippen LogP contribution in [-0.4, -0.2) is 37.3 Å². The van der Waals surface area contributed by atoms with E-state index in [4.69, 9.17) is 0 Å². The van der Waals surface area contributed by atoms with Crippen molar-refractivity contribution in [2.75, 3.05) is 13.1 Å². The molecule has 8 rings (SSSR count). The zero-order valence-electron chi connectivity index (χ0n) is 32.7. The molecule has 0 heterocycles. The smallest absolute Gasteiger partial charge is 0.0950 e. The van der Waals surface area contributed by atoms with Crippen molar-refractivity contribution >= 4 is 0 Å². The van der Waals surface area contributed by atoms with Crippen molar-refractivity contribution in [2.45, 2.75) is 86.6 Å². The van der Waals surface area contributed by atoms with Gasteiger partial charge in [0.25, 0.3) is 0 Å². The summed E-state index contributed by atoms with van der Waals surface area (Å²) >= 11 is 0. The Hall–Kier alpha value is -4.84. The lowest BCUT2D eigenvalue weighted by molar-refractivity contribution is 0.234. The van der Waals surface area contributed by atoms with Crippen LogP contribution in [0.2, 0.25) is 0 Å². The summed E-state index contributed by atoms with van der Waals surface area (Å²) < 4.78 is 0. The SMILES string of the molecule is c1ccc(C(N[C@@H]2CCCC[C@H]2NCCN[C@@H]2CCCC[C@H]2NC(c2ccccc2)(c2ccccc2)c2ccccc2)(c2ccccc2)c2ccccc2)cc1. The summed E-state index contributed by atoms with van der Waals surface area (Å²) in [5, 5.41) is 16.9. The highest BCUT2D eigenvalue weighted by Gasteiger charge is 2.42. The summed E-state index contributed by atoms with van der Waals surface area (Å²) in [7, 11) is 0. The predicted octanol–water partition coefficient (Wildman–Crippen LogP) is 9.95. The second kappa shape index (κ2) is 18.4. The van der Waals surface area contributed by atoms with E-state index >= 15 is 0 Å². The summed E-state index contributed by atoms with van der Waals surface area (Å²) in [6.45, 7) is 1.87. The predicted molar refractivity (Wildman–Crippen MR) is 233 cm³/mol. The second-order valence-electron chi connectivity index (χ2n) is 15.9. The zero-order chi connectivity index (χ0) is 37.9. The first-order valence-corrected chi connectivity index (χ1v) is 21.1. The maximum atomic E-state index is 4.35. The number of nitrogens with one attached hydrogen (secondary N) is 4. The molecule has 0 unspecified atom stereocenters. The van der Waals surface area contributed by atoms with Gasteiger partial charge in [0, 0.05) is 37.3 Å². The molecule has 2 saturated carbocycles. The molecule has 0 bridgehead atoms. The van der Waals surface area contributed by atoms with Gasteiger partial charge in [-0.05, 0) is 59.1 Å². The fraction of sp³-hybridized carbons (Fsp3) is 0.308. The number of benzene rings is 6. The van der Waals surface area contributed by atoms with E-state index in [1.54, 1.807) is 0 Å². The van der Waals surface area contributed by atoms with Gasteiger partial charge in [0.15, 0.2) is 0 Å². The van der Waals surface area contributed by atoms with Gasteiger partial charge < -0.3 is 10.6 Å². The van der Waals surface area contributed by atoms with Gasteiger partial charge in [-0.3, -0.25) is 10.6 Å². The Morgan fingerprint density at radius 3 is 0.750 bits per heavy atom. The topological polar surface area (TPSA) is 48.1 Å². The molecule has 2 fully saturated rings. The van der Waals surface area contributed by atoms with E-state index in [0.29, 0.717) is 24.2 Å². The third kappa shape index (κ3) is 8.17. The zero-order valence-corrected chi connectivity index (χ0v) is 32.7. The minimum Gasteiger partial charge on any atom is -0.311 e. The monoisotopic (exact) mass is 738 g/mol. The molecule has 0 radical (unpaired) electrons. The van der Waals surface area contributed by atoms with Crippen LogP contribution in [0.4, 0.5) is 0 Å². The maximum absolute atomic E-state index is 4.35. The average molecular weight is 739 g/mol. The molecule has 4 nitrogen and oxygen atoms in total. The van der Waals surface area contributed by atoms with E-state index in [1.165, 1.54) is 71.9 Å². The second-order valence-corrected chi connectivity index (χ2v) is 15.9. The molecular formula is C52H58N4. The van der Waals surface area contributed by atoms with Crippen LogP contribution in [0, 0.1) is 0 Å². The molecule has 4 N–H and O–H groups in total. The summed E-state index contributed by atoms with van der Waals surface area (Å²) in [5.41, 5.74) is 6.72. The molecule has 2 aliphatic rings. The van der Waals surface area contributed by atoms with Crippen molar-refractivity contribution in [1.82, 2.24) is 21.3 Å². The van der Waals surface area contributed by atoms with Crippen LogP contribution >= 0.6 is 0 Å². The molecule has 0 aliphatic heterocycles. The van der Waals surface area contributed by atoms with Crippen LogP contribution in [0.25, 0.3) is 0 Å². The lowest BCUT2D eigenvalue weighted by atomic mass is 9.75. The van der Waals surface area contributed by atoms with Crippen molar-refractivity contribution in [1.29, 1.82) is 0 Å². The molecule has 286 valence electrons. The van der Waals surface area contributed by atoms with E-state index in [-0.39, 0.29) is 0 Å². The molecule has 4 heteroatoms. The number of rotatable bonds is 15. The van der Waals surface area contributed by atoms with Gasteiger partial charge in [0.1, 0.15) is 0 Å². The van der Waals surface area contributed by atoms with Crippen molar-refractivity contribution in [3.8, 4) is 0 Å². The van der Waals surface area contributed by atoms with E-state index < -0.39 is 11.1 Å². The lowest BCUT2D eigenvalue weighted by Gasteiger charge is -2.44. The van der Waals surface area contributed by atoms with E-state index in [0.717, 1.165) is 25.9 Å². The largest absolute Gasteiger partial charge is 0.311 e. The molecule has 6 aromatic carbocycles. The van der Waals surface area contributed by atoms with Gasteiger partial charge in [-0.15, -0.1) is 0 Å². The Balaban J connectivity index is 1.01. The standard InChI is InChI=1S/C52H58N4/c1-7-23-41(24-8-1)51(42-25-9-2-10-26-42,43-27-11-3-12-28-43)55-49-37-21-19-35-47(49)53-39-40-54-48-36-20-22-38-50(48)56-52(44-29-13-4-14-30-44,45-31-15-5-16-32-45)46-33-17-6-18-34-46/h1-18,23-34,47-50,53-56H,19-22,35-40H2/t47-,48-,49-,50-/m1/s1. The van der Waals surface area contributed by atoms with Crippen LogP contribution in [0.3, 0.4) is 0 Å². The summed E-state index contributed by atoms with van der Waals surface area (Å²) in [5.74, 6) is 0. The van der Waals surface area contributed by atoms with E-state index in [1.807, 2.05) is 0 Å². The van der Waals surface area contributed by atoms with Crippen LogP contribution in [0.15, 0.2) is 182 Å². The van der Waals surface area contributed by atoms with Gasteiger partial charge in [0.2, 0.25) is 0 Å². The van der Waals surface area contributed by atoms with Gasteiger partial charge in [-0.1, -0.05) is 208 Å². The van der Waals surface area contributed by atoms with Crippen LogP contribution in [-0.2, 0) is 11.1 Å². The first-order valence-electron chi connectivity index (χ1n) is 21.1. The first-order chi connectivity index (χ1) is 27.8. The lowest BCUT2D eigenvalue weighted by Crippen LogP contribution is -2.59. The third-order valence-corrected chi connectivity index (χ3v) is 12.5. The van der Waals surface area contributed by atoms with E-state index in [9.17, 15) is 0 Å². The molecule has 0 spiro atoms. The van der Waals surface area contributed by atoms with Crippen LogP contribution in [0.1, 0.15) is 84.7 Å². The highest BCUT2D eigenvalue weighted by molar-refractivity contribution is 5.51. The number of hydrogen-bond donors (Lipinski definition) is 4.